The van der Waals surface area contributed by atoms with Crippen molar-refractivity contribution in [1.29, 1.82) is 0 Å². The van der Waals surface area contributed by atoms with Crippen molar-refractivity contribution in [2.24, 2.45) is 5.73 Å². The van der Waals surface area contributed by atoms with E-state index in [9.17, 15) is 0 Å². The SMILES string of the molecule is CCc1nsc(SC(C)CCN)n1. The topological polar surface area (TPSA) is 51.8 Å². The zero-order chi connectivity index (χ0) is 9.68. The van der Waals surface area contributed by atoms with E-state index < -0.39 is 0 Å². The normalized spacial score (nSPS) is 13.2. The summed E-state index contributed by atoms with van der Waals surface area (Å²) < 4.78 is 5.29. The maximum Gasteiger partial charge on any atom is 0.170 e. The Bertz CT molecular complexity index is 249. The fourth-order valence-electron chi connectivity index (χ4n) is 0.895. The van der Waals surface area contributed by atoms with E-state index in [-0.39, 0.29) is 0 Å². The summed E-state index contributed by atoms with van der Waals surface area (Å²) in [5, 5.41) is 0.544. The first-order valence-electron chi connectivity index (χ1n) is 4.45. The van der Waals surface area contributed by atoms with Crippen molar-refractivity contribution in [3.63, 3.8) is 0 Å². The number of thioether (sulfide) groups is 1. The van der Waals surface area contributed by atoms with Crippen molar-refractivity contribution in [2.75, 3.05) is 6.54 Å². The average molecular weight is 217 g/mol. The van der Waals surface area contributed by atoms with Gasteiger partial charge >= 0.3 is 0 Å². The van der Waals surface area contributed by atoms with Gasteiger partial charge in [0.15, 0.2) is 4.34 Å². The largest absolute Gasteiger partial charge is 0.330 e. The van der Waals surface area contributed by atoms with Crippen LogP contribution in [0.2, 0.25) is 0 Å². The number of nitrogens with zero attached hydrogens (tertiary/aromatic N) is 2. The van der Waals surface area contributed by atoms with Gasteiger partial charge < -0.3 is 5.73 Å². The monoisotopic (exact) mass is 217 g/mol. The number of nitrogens with two attached hydrogens (primary N) is 1. The summed E-state index contributed by atoms with van der Waals surface area (Å²) in [5.74, 6) is 0.951. The van der Waals surface area contributed by atoms with Crippen molar-refractivity contribution in [1.82, 2.24) is 9.36 Å². The van der Waals surface area contributed by atoms with E-state index in [0.717, 1.165) is 29.6 Å². The van der Waals surface area contributed by atoms with E-state index in [1.54, 1.807) is 11.8 Å². The maximum absolute atomic E-state index is 5.47. The molecule has 0 fully saturated rings. The second kappa shape index (κ2) is 5.57. The van der Waals surface area contributed by atoms with Gasteiger partial charge in [-0.3, -0.25) is 0 Å². The number of hydrogen-bond donors (Lipinski definition) is 1. The first-order valence-corrected chi connectivity index (χ1v) is 6.10. The van der Waals surface area contributed by atoms with E-state index in [4.69, 9.17) is 5.73 Å². The van der Waals surface area contributed by atoms with Crippen molar-refractivity contribution >= 4 is 23.3 Å². The lowest BCUT2D eigenvalue weighted by atomic mass is 10.3. The summed E-state index contributed by atoms with van der Waals surface area (Å²) in [5.41, 5.74) is 5.47. The molecule has 13 heavy (non-hydrogen) atoms. The molecular formula is C8H15N3S2. The summed E-state index contributed by atoms with van der Waals surface area (Å²) in [7, 11) is 0. The highest BCUT2D eigenvalue weighted by molar-refractivity contribution is 8.01. The molecule has 0 aliphatic carbocycles. The molecule has 0 amide bonds. The first-order chi connectivity index (χ1) is 6.26. The van der Waals surface area contributed by atoms with Crippen molar-refractivity contribution in [2.45, 2.75) is 36.3 Å². The molecule has 2 N–H and O–H groups in total. The third kappa shape index (κ3) is 3.62. The Kier molecular flexibility index (Phi) is 4.69. The molecule has 1 heterocycles. The van der Waals surface area contributed by atoms with Crippen LogP contribution >= 0.6 is 23.3 Å². The second-order valence-electron chi connectivity index (χ2n) is 2.84. The van der Waals surface area contributed by atoms with Gasteiger partial charge in [0, 0.05) is 11.7 Å². The minimum Gasteiger partial charge on any atom is -0.330 e. The minimum absolute atomic E-state index is 0.544. The summed E-state index contributed by atoms with van der Waals surface area (Å²) in [6.07, 6.45) is 1.95. The summed E-state index contributed by atoms with van der Waals surface area (Å²) in [6.45, 7) is 4.98. The van der Waals surface area contributed by atoms with Crippen LogP contribution in [-0.2, 0) is 6.42 Å². The van der Waals surface area contributed by atoms with E-state index >= 15 is 0 Å². The molecular weight excluding hydrogens is 202 g/mol. The highest BCUT2D eigenvalue weighted by Crippen LogP contribution is 2.26. The average Bonchev–Trinajstić information content (AvgIpc) is 2.52. The van der Waals surface area contributed by atoms with E-state index in [0.29, 0.717) is 5.25 Å². The molecule has 0 spiro atoms. The van der Waals surface area contributed by atoms with Gasteiger partial charge in [-0.05, 0) is 24.5 Å². The number of rotatable bonds is 5. The zero-order valence-corrected chi connectivity index (χ0v) is 9.62. The summed E-state index contributed by atoms with van der Waals surface area (Å²) in [6, 6.07) is 0. The van der Waals surface area contributed by atoms with Crippen LogP contribution < -0.4 is 5.73 Å². The Balaban J connectivity index is 2.44. The summed E-state index contributed by atoms with van der Waals surface area (Å²) >= 11 is 3.26. The maximum atomic E-state index is 5.47. The standard InChI is InChI=1S/C8H15N3S2/c1-3-7-10-8(13-11-7)12-6(2)4-5-9/h6H,3-5,9H2,1-2H3. The Morgan fingerprint density at radius 1 is 1.62 bits per heavy atom. The van der Waals surface area contributed by atoms with Crippen LogP contribution in [0.4, 0.5) is 0 Å². The van der Waals surface area contributed by atoms with Gasteiger partial charge in [-0.15, -0.1) is 0 Å². The fourth-order valence-corrected chi connectivity index (χ4v) is 2.93. The smallest absolute Gasteiger partial charge is 0.170 e. The first kappa shape index (κ1) is 10.9. The fraction of sp³-hybridized carbons (Fsp3) is 0.750. The Labute approximate surface area is 87.3 Å². The van der Waals surface area contributed by atoms with Crippen molar-refractivity contribution in [3.05, 3.63) is 5.82 Å². The van der Waals surface area contributed by atoms with Crippen LogP contribution in [-0.4, -0.2) is 21.2 Å². The van der Waals surface area contributed by atoms with Gasteiger partial charge in [0.05, 0.1) is 0 Å². The van der Waals surface area contributed by atoms with Gasteiger partial charge in [-0.25, -0.2) is 4.98 Å². The molecule has 1 rings (SSSR count). The summed E-state index contributed by atoms with van der Waals surface area (Å²) in [4.78, 5) is 4.38. The van der Waals surface area contributed by atoms with Crippen LogP contribution in [0.1, 0.15) is 26.1 Å². The molecule has 0 saturated heterocycles. The quantitative estimate of drug-likeness (QED) is 0.766. The van der Waals surface area contributed by atoms with Crippen LogP contribution in [0.15, 0.2) is 4.34 Å². The number of hydrogen-bond acceptors (Lipinski definition) is 5. The van der Waals surface area contributed by atoms with E-state index in [2.05, 4.69) is 23.2 Å². The van der Waals surface area contributed by atoms with E-state index in [1.165, 1.54) is 11.5 Å². The van der Waals surface area contributed by atoms with Crippen LogP contribution in [0.3, 0.4) is 0 Å². The Hall–Kier alpha value is -0.130. The Morgan fingerprint density at radius 3 is 2.92 bits per heavy atom. The van der Waals surface area contributed by atoms with Gasteiger partial charge in [0.2, 0.25) is 0 Å². The van der Waals surface area contributed by atoms with Gasteiger partial charge in [0.1, 0.15) is 5.82 Å². The second-order valence-corrected chi connectivity index (χ2v) is 5.27. The third-order valence-electron chi connectivity index (χ3n) is 1.64. The Morgan fingerprint density at radius 2 is 2.38 bits per heavy atom. The number of aryl methyl sites for hydroxylation is 1. The van der Waals surface area contributed by atoms with Crippen LogP contribution in [0.25, 0.3) is 0 Å². The molecule has 0 aliphatic rings. The lowest BCUT2D eigenvalue weighted by Crippen LogP contribution is -2.06. The zero-order valence-electron chi connectivity index (χ0n) is 7.99. The molecule has 1 atom stereocenters. The predicted molar refractivity (Wildman–Crippen MR) is 58.3 cm³/mol. The third-order valence-corrected chi connectivity index (χ3v) is 3.63. The van der Waals surface area contributed by atoms with Gasteiger partial charge in [-0.1, -0.05) is 25.6 Å². The van der Waals surface area contributed by atoms with Crippen LogP contribution in [0.5, 0.6) is 0 Å². The molecule has 0 bridgehead atoms. The molecule has 1 unspecified atom stereocenters. The molecule has 5 heteroatoms. The highest BCUT2D eigenvalue weighted by atomic mass is 32.2. The number of aromatic nitrogens is 2. The van der Waals surface area contributed by atoms with Gasteiger partial charge in [-0.2, -0.15) is 4.37 Å². The molecule has 74 valence electrons. The molecule has 3 nitrogen and oxygen atoms in total. The molecule has 0 radical (unpaired) electrons. The molecule has 1 aromatic rings. The van der Waals surface area contributed by atoms with Crippen molar-refractivity contribution in [3.8, 4) is 0 Å². The molecule has 0 aliphatic heterocycles. The lowest BCUT2D eigenvalue weighted by Gasteiger charge is -2.04. The predicted octanol–water partition coefficient (Wildman–Crippen LogP) is 1.93. The molecule has 1 aromatic heterocycles. The molecule has 0 saturated carbocycles. The highest BCUT2D eigenvalue weighted by Gasteiger charge is 2.07. The lowest BCUT2D eigenvalue weighted by molar-refractivity contribution is 0.822. The van der Waals surface area contributed by atoms with E-state index in [1.807, 2.05) is 0 Å². The molecule has 0 aromatic carbocycles. The van der Waals surface area contributed by atoms with Crippen molar-refractivity contribution < 1.29 is 0 Å². The van der Waals surface area contributed by atoms with Gasteiger partial charge in [0.25, 0.3) is 0 Å². The van der Waals surface area contributed by atoms with Crippen LogP contribution in [0, 0.1) is 0 Å². The minimum atomic E-state index is 0.544.